The van der Waals surface area contributed by atoms with Gasteiger partial charge in [0, 0.05) is 6.20 Å². The quantitative estimate of drug-likeness (QED) is 0.494. The lowest BCUT2D eigenvalue weighted by Gasteiger charge is -1.96. The van der Waals surface area contributed by atoms with E-state index in [1.807, 2.05) is 0 Å². The van der Waals surface area contributed by atoms with Crippen LogP contribution in [0.5, 0.6) is 0 Å². The number of rotatable bonds is 1. The van der Waals surface area contributed by atoms with Gasteiger partial charge in [-0.15, -0.1) is 0 Å². The molecule has 52 valence electrons. The number of nitrogens with zero attached hydrogens (tertiary/aromatic N) is 1. The van der Waals surface area contributed by atoms with Crippen molar-refractivity contribution in [2.24, 2.45) is 0 Å². The standard InChI is InChI=1S/C5H4N2O3/c8-4-2-7-6-1-3(4)5(9)10/h1-2H,(H,6,8)(H,9,10)/p-1. The summed E-state index contributed by atoms with van der Waals surface area (Å²) in [6.07, 6.45) is 1.86. The molecule has 0 amide bonds. The molecule has 0 atom stereocenters. The normalized spacial score (nSPS) is 9.20. The number of H-pyrrole nitrogens is 1. The fraction of sp³-hybridized carbons (Fsp3) is 0. The largest absolute Gasteiger partial charge is 0.545 e. The SMILES string of the molecule is O=C([O-])c1c[nH]ncc1=O. The summed E-state index contributed by atoms with van der Waals surface area (Å²) in [5.41, 5.74) is -1.06. The number of carboxylic acid groups (broad SMARTS) is 1. The molecule has 0 bridgehead atoms. The molecule has 1 rings (SSSR count). The number of aromatic amines is 1. The van der Waals surface area contributed by atoms with E-state index in [1.165, 1.54) is 0 Å². The highest BCUT2D eigenvalue weighted by atomic mass is 16.4. The predicted molar refractivity (Wildman–Crippen MR) is 29.2 cm³/mol. The van der Waals surface area contributed by atoms with Crippen LogP contribution in [-0.4, -0.2) is 16.2 Å². The molecule has 0 spiro atoms. The Morgan fingerprint density at radius 1 is 1.70 bits per heavy atom. The van der Waals surface area contributed by atoms with Crippen LogP contribution in [0.1, 0.15) is 10.4 Å². The van der Waals surface area contributed by atoms with Gasteiger partial charge in [-0.05, 0) is 0 Å². The molecule has 0 unspecified atom stereocenters. The summed E-state index contributed by atoms with van der Waals surface area (Å²) in [5.74, 6) is -1.50. The summed E-state index contributed by atoms with van der Waals surface area (Å²) >= 11 is 0. The average molecular weight is 139 g/mol. The fourth-order valence-electron chi connectivity index (χ4n) is 0.498. The molecule has 0 fully saturated rings. The minimum Gasteiger partial charge on any atom is -0.545 e. The third-order valence-electron chi connectivity index (χ3n) is 0.951. The molecule has 0 saturated heterocycles. The van der Waals surface area contributed by atoms with Crippen LogP contribution in [0.4, 0.5) is 0 Å². The van der Waals surface area contributed by atoms with Gasteiger partial charge in [-0.25, -0.2) is 0 Å². The van der Waals surface area contributed by atoms with Crippen LogP contribution in [0.25, 0.3) is 0 Å². The van der Waals surface area contributed by atoms with Crippen LogP contribution >= 0.6 is 0 Å². The smallest absolute Gasteiger partial charge is 0.209 e. The third-order valence-corrected chi connectivity index (χ3v) is 0.951. The highest BCUT2D eigenvalue weighted by Gasteiger charge is 1.96. The molecule has 1 N–H and O–H groups in total. The van der Waals surface area contributed by atoms with Gasteiger partial charge in [0.2, 0.25) is 5.43 Å². The second kappa shape index (κ2) is 2.30. The Morgan fingerprint density at radius 2 is 2.40 bits per heavy atom. The monoisotopic (exact) mass is 139 g/mol. The summed E-state index contributed by atoms with van der Waals surface area (Å²) < 4.78 is 0. The summed E-state index contributed by atoms with van der Waals surface area (Å²) in [6, 6.07) is 0. The van der Waals surface area contributed by atoms with Gasteiger partial charge in [-0.1, -0.05) is 0 Å². The lowest BCUT2D eigenvalue weighted by atomic mass is 10.3. The first kappa shape index (κ1) is 6.47. The van der Waals surface area contributed by atoms with Gasteiger partial charge in [-0.2, -0.15) is 5.10 Å². The van der Waals surface area contributed by atoms with E-state index in [0.29, 0.717) is 0 Å². The van der Waals surface area contributed by atoms with Crippen molar-refractivity contribution in [2.45, 2.75) is 0 Å². The van der Waals surface area contributed by atoms with Crippen LogP contribution in [-0.2, 0) is 0 Å². The molecule has 0 aliphatic heterocycles. The Morgan fingerprint density at radius 3 is 2.80 bits per heavy atom. The molecular weight excluding hydrogens is 136 g/mol. The van der Waals surface area contributed by atoms with Gasteiger partial charge < -0.3 is 9.90 Å². The Labute approximate surface area is 55.3 Å². The summed E-state index contributed by atoms with van der Waals surface area (Å²) in [4.78, 5) is 20.6. The minimum atomic E-state index is -1.50. The van der Waals surface area contributed by atoms with E-state index in [9.17, 15) is 14.7 Å². The maximum absolute atomic E-state index is 10.6. The van der Waals surface area contributed by atoms with Gasteiger partial charge >= 0.3 is 0 Å². The van der Waals surface area contributed by atoms with E-state index in [1.54, 1.807) is 0 Å². The van der Waals surface area contributed by atoms with Gasteiger partial charge in [0.05, 0.1) is 17.7 Å². The van der Waals surface area contributed by atoms with Crippen molar-refractivity contribution in [3.8, 4) is 0 Å². The Bertz CT molecular complexity index is 304. The molecule has 1 aromatic rings. The molecule has 0 aromatic carbocycles. The number of aromatic carboxylic acids is 1. The molecule has 5 heteroatoms. The van der Waals surface area contributed by atoms with E-state index in [-0.39, 0.29) is 0 Å². The molecule has 1 aromatic heterocycles. The van der Waals surface area contributed by atoms with Crippen molar-refractivity contribution in [1.82, 2.24) is 10.2 Å². The van der Waals surface area contributed by atoms with E-state index >= 15 is 0 Å². The first-order valence-corrected chi connectivity index (χ1v) is 2.46. The number of nitrogens with one attached hydrogen (secondary N) is 1. The number of hydrogen-bond donors (Lipinski definition) is 1. The van der Waals surface area contributed by atoms with E-state index in [4.69, 9.17) is 0 Å². The van der Waals surface area contributed by atoms with Crippen LogP contribution in [0, 0.1) is 0 Å². The topological polar surface area (TPSA) is 85.9 Å². The summed E-state index contributed by atoms with van der Waals surface area (Å²) in [5, 5.41) is 15.6. The number of carbonyl (C=O) groups is 1. The van der Waals surface area contributed by atoms with Gasteiger partial charge in [0.15, 0.2) is 0 Å². The zero-order valence-electron chi connectivity index (χ0n) is 4.83. The second-order valence-corrected chi connectivity index (χ2v) is 1.60. The summed E-state index contributed by atoms with van der Waals surface area (Å²) in [6.45, 7) is 0. The third kappa shape index (κ3) is 1.02. The van der Waals surface area contributed by atoms with Crippen LogP contribution in [0.15, 0.2) is 17.2 Å². The number of carbonyl (C=O) groups excluding carboxylic acids is 1. The average Bonchev–Trinajstić information content (AvgIpc) is 1.88. The van der Waals surface area contributed by atoms with Crippen molar-refractivity contribution in [2.75, 3.05) is 0 Å². The summed E-state index contributed by atoms with van der Waals surface area (Å²) in [7, 11) is 0. The van der Waals surface area contributed by atoms with E-state index in [0.717, 1.165) is 12.4 Å². The maximum Gasteiger partial charge on any atom is 0.209 e. The van der Waals surface area contributed by atoms with Gasteiger partial charge in [0.1, 0.15) is 0 Å². The Kier molecular flexibility index (Phi) is 1.49. The van der Waals surface area contributed by atoms with E-state index < -0.39 is 17.0 Å². The highest BCUT2D eigenvalue weighted by Crippen LogP contribution is 1.80. The number of hydrogen-bond acceptors (Lipinski definition) is 4. The van der Waals surface area contributed by atoms with Crippen molar-refractivity contribution in [1.29, 1.82) is 0 Å². The fourth-order valence-corrected chi connectivity index (χ4v) is 0.498. The zero-order chi connectivity index (χ0) is 7.56. The number of carboxylic acids is 1. The predicted octanol–water partition coefficient (Wildman–Crippen LogP) is -1.87. The van der Waals surface area contributed by atoms with Crippen LogP contribution in [0.3, 0.4) is 0 Å². The molecule has 0 radical (unpaired) electrons. The van der Waals surface area contributed by atoms with Crippen LogP contribution in [0.2, 0.25) is 0 Å². The van der Waals surface area contributed by atoms with E-state index in [2.05, 4.69) is 10.2 Å². The second-order valence-electron chi connectivity index (χ2n) is 1.60. The Balaban J connectivity index is 3.29. The molecule has 0 aliphatic carbocycles. The number of aromatic nitrogens is 2. The molecular formula is C5H3N2O3-. The maximum atomic E-state index is 10.6. The molecule has 0 saturated carbocycles. The molecule has 0 aliphatic rings. The van der Waals surface area contributed by atoms with Crippen molar-refractivity contribution >= 4 is 5.97 Å². The first-order valence-electron chi connectivity index (χ1n) is 2.46. The lowest BCUT2D eigenvalue weighted by molar-refractivity contribution is -0.255. The molecule has 10 heavy (non-hydrogen) atoms. The first-order chi connectivity index (χ1) is 4.72. The highest BCUT2D eigenvalue weighted by molar-refractivity contribution is 5.84. The van der Waals surface area contributed by atoms with Crippen molar-refractivity contribution < 1.29 is 9.90 Å². The van der Waals surface area contributed by atoms with Crippen molar-refractivity contribution in [3.63, 3.8) is 0 Å². The Hall–Kier alpha value is -1.65. The van der Waals surface area contributed by atoms with Gasteiger partial charge in [-0.3, -0.25) is 9.89 Å². The van der Waals surface area contributed by atoms with Crippen LogP contribution < -0.4 is 10.5 Å². The minimum absolute atomic E-state index is 0.407. The lowest BCUT2D eigenvalue weighted by Crippen LogP contribution is -2.28. The van der Waals surface area contributed by atoms with Crippen molar-refractivity contribution in [3.05, 3.63) is 28.2 Å². The zero-order valence-corrected chi connectivity index (χ0v) is 4.83. The van der Waals surface area contributed by atoms with Gasteiger partial charge in [0.25, 0.3) is 0 Å². The molecule has 1 heterocycles. The molecule has 5 nitrogen and oxygen atoms in total.